The van der Waals surface area contributed by atoms with Gasteiger partial charge in [-0.15, -0.1) is 0 Å². The predicted octanol–water partition coefficient (Wildman–Crippen LogP) is 1.77. The fourth-order valence-corrected chi connectivity index (χ4v) is 1.94. The molecule has 2 rings (SSSR count). The number of hydrogen-bond donors (Lipinski definition) is 2. The van der Waals surface area contributed by atoms with Gasteiger partial charge in [0.05, 0.1) is 0 Å². The summed E-state index contributed by atoms with van der Waals surface area (Å²) in [4.78, 5) is 11.4. The molecule has 0 radical (unpaired) electrons. The van der Waals surface area contributed by atoms with E-state index in [1.807, 2.05) is 32.0 Å². The molecule has 0 aromatic heterocycles. The van der Waals surface area contributed by atoms with Crippen LogP contribution in [-0.2, 0) is 16.8 Å². The number of nitrogens with two attached hydrogens (primary N) is 1. The molecular formula is C12H16N2O. The average molecular weight is 204 g/mol. The molecule has 0 saturated carbocycles. The summed E-state index contributed by atoms with van der Waals surface area (Å²) in [6.07, 6.45) is 1.38. The van der Waals surface area contributed by atoms with Crippen LogP contribution in [0.15, 0.2) is 18.2 Å². The second-order valence-electron chi connectivity index (χ2n) is 4.61. The van der Waals surface area contributed by atoms with Gasteiger partial charge in [0.25, 0.3) is 0 Å². The number of carbonyl (C=O) groups excluding carboxylic acids is 1. The predicted molar refractivity (Wildman–Crippen MR) is 60.6 cm³/mol. The van der Waals surface area contributed by atoms with E-state index >= 15 is 0 Å². The smallest absolute Gasteiger partial charge is 0.224 e. The van der Waals surface area contributed by atoms with E-state index in [1.165, 1.54) is 5.56 Å². The number of rotatable bonds is 1. The molecule has 1 heterocycles. The Morgan fingerprint density at radius 2 is 2.07 bits per heavy atom. The standard InChI is InChI=1S/C12H16N2O/c1-12(2,13)9-5-3-4-8-6-7-10(15)14-11(8)9/h3-5H,6-7,13H2,1-2H3,(H,14,15). The van der Waals surface area contributed by atoms with Gasteiger partial charge in [-0.1, -0.05) is 18.2 Å². The summed E-state index contributed by atoms with van der Waals surface area (Å²) in [6, 6.07) is 6.02. The SMILES string of the molecule is CC(C)(N)c1cccc2c1NC(=O)CC2. The van der Waals surface area contributed by atoms with Crippen LogP contribution in [-0.4, -0.2) is 5.91 Å². The molecular weight excluding hydrogens is 188 g/mol. The van der Waals surface area contributed by atoms with Gasteiger partial charge in [0.2, 0.25) is 5.91 Å². The quantitative estimate of drug-likeness (QED) is 0.732. The van der Waals surface area contributed by atoms with Crippen molar-refractivity contribution in [3.63, 3.8) is 0 Å². The first kappa shape index (κ1) is 10.2. The lowest BCUT2D eigenvalue weighted by Gasteiger charge is -2.27. The fraction of sp³-hybridized carbons (Fsp3) is 0.417. The lowest BCUT2D eigenvalue weighted by molar-refractivity contribution is -0.116. The normalized spacial score (nSPS) is 15.8. The van der Waals surface area contributed by atoms with Gasteiger partial charge >= 0.3 is 0 Å². The molecule has 3 heteroatoms. The molecule has 1 aliphatic heterocycles. The fourth-order valence-electron chi connectivity index (χ4n) is 1.94. The Bertz CT molecular complexity index is 405. The lowest BCUT2D eigenvalue weighted by atomic mass is 9.89. The van der Waals surface area contributed by atoms with Gasteiger partial charge in [-0.25, -0.2) is 0 Å². The maximum absolute atomic E-state index is 11.4. The van der Waals surface area contributed by atoms with E-state index in [2.05, 4.69) is 5.32 Å². The summed E-state index contributed by atoms with van der Waals surface area (Å²) in [5.41, 5.74) is 8.77. The molecule has 0 aliphatic carbocycles. The molecule has 0 unspecified atom stereocenters. The Labute approximate surface area is 89.7 Å². The van der Waals surface area contributed by atoms with E-state index < -0.39 is 5.54 Å². The van der Waals surface area contributed by atoms with Gasteiger partial charge in [0.15, 0.2) is 0 Å². The summed E-state index contributed by atoms with van der Waals surface area (Å²) in [7, 11) is 0. The topological polar surface area (TPSA) is 55.1 Å². The van der Waals surface area contributed by atoms with Gasteiger partial charge in [0, 0.05) is 17.6 Å². The number of anilines is 1. The van der Waals surface area contributed by atoms with Crippen LogP contribution >= 0.6 is 0 Å². The third kappa shape index (κ3) is 1.88. The third-order valence-electron chi connectivity index (χ3n) is 2.73. The second kappa shape index (κ2) is 3.35. The van der Waals surface area contributed by atoms with Crippen LogP contribution in [0, 0.1) is 0 Å². The summed E-state index contributed by atoms with van der Waals surface area (Å²) >= 11 is 0. The minimum absolute atomic E-state index is 0.0826. The van der Waals surface area contributed by atoms with Gasteiger partial charge in [-0.05, 0) is 31.4 Å². The summed E-state index contributed by atoms with van der Waals surface area (Å²) in [5.74, 6) is 0.0826. The van der Waals surface area contributed by atoms with Crippen molar-refractivity contribution in [2.45, 2.75) is 32.2 Å². The second-order valence-corrected chi connectivity index (χ2v) is 4.61. The van der Waals surface area contributed by atoms with Crippen molar-refractivity contribution in [1.82, 2.24) is 0 Å². The number of amides is 1. The van der Waals surface area contributed by atoms with Crippen LogP contribution in [0.2, 0.25) is 0 Å². The van der Waals surface area contributed by atoms with E-state index in [-0.39, 0.29) is 5.91 Å². The van der Waals surface area contributed by atoms with Crippen molar-refractivity contribution in [3.05, 3.63) is 29.3 Å². The van der Waals surface area contributed by atoms with E-state index in [9.17, 15) is 4.79 Å². The van der Waals surface area contributed by atoms with Crippen LogP contribution in [0.4, 0.5) is 5.69 Å². The van der Waals surface area contributed by atoms with Gasteiger partial charge < -0.3 is 11.1 Å². The van der Waals surface area contributed by atoms with Crippen LogP contribution in [0.25, 0.3) is 0 Å². The molecule has 3 nitrogen and oxygen atoms in total. The molecule has 1 amide bonds. The number of hydrogen-bond acceptors (Lipinski definition) is 2. The highest BCUT2D eigenvalue weighted by Gasteiger charge is 2.24. The molecule has 0 bridgehead atoms. The molecule has 80 valence electrons. The van der Waals surface area contributed by atoms with E-state index in [4.69, 9.17) is 5.73 Å². The van der Waals surface area contributed by atoms with Crippen molar-refractivity contribution in [2.24, 2.45) is 5.73 Å². The highest BCUT2D eigenvalue weighted by molar-refractivity contribution is 5.95. The Kier molecular flexibility index (Phi) is 2.27. The van der Waals surface area contributed by atoms with Gasteiger partial charge in [-0.3, -0.25) is 4.79 Å². The summed E-state index contributed by atoms with van der Waals surface area (Å²) in [5, 5.41) is 2.92. The van der Waals surface area contributed by atoms with Crippen molar-refractivity contribution in [2.75, 3.05) is 5.32 Å². The average Bonchev–Trinajstić information content (AvgIpc) is 2.15. The number of benzene rings is 1. The molecule has 0 saturated heterocycles. The zero-order chi connectivity index (χ0) is 11.1. The van der Waals surface area contributed by atoms with Gasteiger partial charge in [-0.2, -0.15) is 0 Å². The Balaban J connectivity index is 2.53. The first-order valence-electron chi connectivity index (χ1n) is 5.19. The number of carbonyl (C=O) groups is 1. The lowest BCUT2D eigenvalue weighted by Crippen LogP contribution is -2.32. The number of aryl methyl sites for hydroxylation is 1. The number of para-hydroxylation sites is 1. The molecule has 1 aromatic rings. The Morgan fingerprint density at radius 1 is 1.33 bits per heavy atom. The molecule has 1 aromatic carbocycles. The van der Waals surface area contributed by atoms with E-state index in [1.54, 1.807) is 0 Å². The maximum Gasteiger partial charge on any atom is 0.224 e. The van der Waals surface area contributed by atoms with Crippen LogP contribution in [0.3, 0.4) is 0 Å². The van der Waals surface area contributed by atoms with Gasteiger partial charge in [0.1, 0.15) is 0 Å². The molecule has 0 spiro atoms. The van der Waals surface area contributed by atoms with Crippen LogP contribution in [0.1, 0.15) is 31.4 Å². The van der Waals surface area contributed by atoms with Crippen molar-refractivity contribution < 1.29 is 4.79 Å². The van der Waals surface area contributed by atoms with E-state index in [0.29, 0.717) is 6.42 Å². The first-order chi connectivity index (χ1) is 6.98. The third-order valence-corrected chi connectivity index (χ3v) is 2.73. The zero-order valence-electron chi connectivity index (χ0n) is 9.13. The molecule has 0 atom stereocenters. The summed E-state index contributed by atoms with van der Waals surface area (Å²) in [6.45, 7) is 3.90. The minimum atomic E-state index is -0.421. The van der Waals surface area contributed by atoms with Crippen molar-refractivity contribution >= 4 is 11.6 Å². The largest absolute Gasteiger partial charge is 0.326 e. The maximum atomic E-state index is 11.4. The molecule has 3 N–H and O–H groups in total. The van der Waals surface area contributed by atoms with Crippen LogP contribution < -0.4 is 11.1 Å². The zero-order valence-corrected chi connectivity index (χ0v) is 9.13. The van der Waals surface area contributed by atoms with Crippen molar-refractivity contribution in [3.8, 4) is 0 Å². The highest BCUT2D eigenvalue weighted by Crippen LogP contribution is 2.32. The highest BCUT2D eigenvalue weighted by atomic mass is 16.1. The van der Waals surface area contributed by atoms with Crippen LogP contribution in [0.5, 0.6) is 0 Å². The Hall–Kier alpha value is -1.35. The monoisotopic (exact) mass is 204 g/mol. The minimum Gasteiger partial charge on any atom is -0.326 e. The molecule has 1 aliphatic rings. The first-order valence-corrected chi connectivity index (χ1v) is 5.19. The van der Waals surface area contributed by atoms with Crippen molar-refractivity contribution in [1.29, 1.82) is 0 Å². The summed E-state index contributed by atoms with van der Waals surface area (Å²) < 4.78 is 0. The molecule has 15 heavy (non-hydrogen) atoms. The molecule has 0 fully saturated rings. The number of nitrogens with one attached hydrogen (secondary N) is 1. The Morgan fingerprint density at radius 3 is 2.73 bits per heavy atom. The van der Waals surface area contributed by atoms with E-state index in [0.717, 1.165) is 17.7 Å². The number of fused-ring (bicyclic) bond motifs is 1.